The Balaban J connectivity index is 2.84. The largest absolute Gasteiger partial charge is 0.465 e. The van der Waals surface area contributed by atoms with E-state index in [9.17, 15) is 9.59 Å². The van der Waals surface area contributed by atoms with Crippen LogP contribution in [-0.2, 0) is 20.7 Å². The van der Waals surface area contributed by atoms with Crippen molar-refractivity contribution in [2.24, 2.45) is 5.92 Å². The molecule has 0 fully saturated rings. The Morgan fingerprint density at radius 3 is 2.44 bits per heavy atom. The van der Waals surface area contributed by atoms with Gasteiger partial charge in [-0.3, -0.25) is 14.8 Å². The first-order valence-corrected chi connectivity index (χ1v) is 5.73. The third kappa shape index (κ3) is 3.85. The number of amides is 1. The molecule has 1 amide bonds. The average Bonchev–Trinajstić information content (AvgIpc) is 2.36. The molecule has 0 aliphatic heterocycles. The van der Waals surface area contributed by atoms with E-state index in [0.29, 0.717) is 5.06 Å². The quantitative estimate of drug-likeness (QED) is 0.370. The molecule has 1 N–H and O–H groups in total. The third-order valence-electron chi connectivity index (χ3n) is 2.47. The first-order chi connectivity index (χ1) is 8.56. The van der Waals surface area contributed by atoms with E-state index in [1.807, 2.05) is 30.3 Å². The van der Waals surface area contributed by atoms with Crippen LogP contribution in [0.3, 0.4) is 0 Å². The molecule has 0 aliphatic rings. The molecule has 5 heteroatoms. The fraction of sp³-hybridized carbons (Fsp3) is 0.385. The number of hydrogen-bond acceptors (Lipinski definition) is 4. The molecule has 1 aromatic carbocycles. The van der Waals surface area contributed by atoms with Gasteiger partial charge in [0.05, 0.1) is 6.61 Å². The molecule has 18 heavy (non-hydrogen) atoms. The van der Waals surface area contributed by atoms with Gasteiger partial charge < -0.3 is 4.74 Å². The number of nitrogens with zero attached hydrogens (tertiary/aromatic N) is 1. The van der Waals surface area contributed by atoms with E-state index >= 15 is 0 Å². The first-order valence-electron chi connectivity index (χ1n) is 5.73. The highest BCUT2D eigenvalue weighted by molar-refractivity contribution is 5.97. The van der Waals surface area contributed by atoms with E-state index in [2.05, 4.69) is 0 Å². The van der Waals surface area contributed by atoms with Crippen LogP contribution in [-0.4, -0.2) is 35.8 Å². The van der Waals surface area contributed by atoms with E-state index in [1.165, 1.54) is 7.05 Å². The summed E-state index contributed by atoms with van der Waals surface area (Å²) < 4.78 is 4.85. The molecule has 0 saturated carbocycles. The lowest BCUT2D eigenvalue weighted by molar-refractivity contribution is -0.171. The highest BCUT2D eigenvalue weighted by Crippen LogP contribution is 2.12. The van der Waals surface area contributed by atoms with Crippen molar-refractivity contribution in [3.8, 4) is 0 Å². The zero-order chi connectivity index (χ0) is 13.5. The van der Waals surface area contributed by atoms with Gasteiger partial charge in [-0.15, -0.1) is 0 Å². The van der Waals surface area contributed by atoms with Gasteiger partial charge in [0.2, 0.25) is 0 Å². The van der Waals surface area contributed by atoms with Gasteiger partial charge >= 0.3 is 5.97 Å². The third-order valence-corrected chi connectivity index (χ3v) is 2.47. The molecule has 0 bridgehead atoms. The smallest absolute Gasteiger partial charge is 0.318 e. The molecule has 0 saturated heterocycles. The lowest BCUT2D eigenvalue weighted by Gasteiger charge is -2.17. The summed E-state index contributed by atoms with van der Waals surface area (Å²) in [5.74, 6) is -2.30. The normalized spacial score (nSPS) is 11.7. The summed E-state index contributed by atoms with van der Waals surface area (Å²) in [6.07, 6.45) is 0.212. The number of carbonyl (C=O) groups excluding carboxylic acids is 2. The fourth-order valence-electron chi connectivity index (χ4n) is 1.59. The summed E-state index contributed by atoms with van der Waals surface area (Å²) in [5.41, 5.74) is 0.839. The minimum atomic E-state index is -1.01. The predicted octanol–water partition coefficient (Wildman–Crippen LogP) is 1.26. The molecule has 1 atom stereocenters. The second-order valence-electron chi connectivity index (χ2n) is 3.86. The van der Waals surface area contributed by atoms with Crippen molar-refractivity contribution in [3.63, 3.8) is 0 Å². The van der Waals surface area contributed by atoms with Crippen molar-refractivity contribution >= 4 is 11.9 Å². The Kier molecular flexibility index (Phi) is 5.32. The zero-order valence-electron chi connectivity index (χ0n) is 10.5. The standard InChI is InChI=1S/C13H17NO4/c1-3-18-13(16)11(12(15)14(2)17)9-10-7-5-4-6-8-10/h4-8,11,17H,3,9H2,1-2H3. The lowest BCUT2D eigenvalue weighted by Crippen LogP contribution is -2.37. The summed E-state index contributed by atoms with van der Waals surface area (Å²) in [5, 5.41) is 9.58. The van der Waals surface area contributed by atoms with Gasteiger partial charge in [-0.25, -0.2) is 5.06 Å². The number of benzene rings is 1. The highest BCUT2D eigenvalue weighted by atomic mass is 16.5. The van der Waals surface area contributed by atoms with Crippen molar-refractivity contribution in [1.29, 1.82) is 0 Å². The Bertz CT molecular complexity index is 403. The summed E-state index contributed by atoms with van der Waals surface area (Å²) in [7, 11) is 1.19. The van der Waals surface area contributed by atoms with Gasteiger partial charge in [0, 0.05) is 7.05 Å². The molecule has 0 radical (unpaired) electrons. The molecule has 5 nitrogen and oxygen atoms in total. The van der Waals surface area contributed by atoms with Crippen LogP contribution in [0.4, 0.5) is 0 Å². The fourth-order valence-corrected chi connectivity index (χ4v) is 1.59. The summed E-state index contributed by atoms with van der Waals surface area (Å²) in [6, 6.07) is 9.13. The van der Waals surface area contributed by atoms with Crippen molar-refractivity contribution in [2.75, 3.05) is 13.7 Å². The SMILES string of the molecule is CCOC(=O)C(Cc1ccccc1)C(=O)N(C)O. The van der Waals surface area contributed by atoms with Crippen LogP contribution in [0.2, 0.25) is 0 Å². The van der Waals surface area contributed by atoms with Gasteiger partial charge in [-0.1, -0.05) is 30.3 Å². The van der Waals surface area contributed by atoms with Crippen LogP contribution in [0, 0.1) is 5.92 Å². The van der Waals surface area contributed by atoms with E-state index in [0.717, 1.165) is 5.56 Å². The molecule has 0 aliphatic carbocycles. The second kappa shape index (κ2) is 6.76. The van der Waals surface area contributed by atoms with E-state index in [-0.39, 0.29) is 13.0 Å². The van der Waals surface area contributed by atoms with Crippen LogP contribution in [0.5, 0.6) is 0 Å². The monoisotopic (exact) mass is 251 g/mol. The Morgan fingerprint density at radius 1 is 1.33 bits per heavy atom. The summed E-state index contributed by atoms with van der Waals surface area (Å²) in [6.45, 7) is 1.87. The van der Waals surface area contributed by atoms with E-state index in [1.54, 1.807) is 6.92 Å². The highest BCUT2D eigenvalue weighted by Gasteiger charge is 2.30. The minimum Gasteiger partial charge on any atom is -0.465 e. The maximum Gasteiger partial charge on any atom is 0.318 e. The molecule has 1 aromatic rings. The predicted molar refractivity (Wildman–Crippen MR) is 64.8 cm³/mol. The van der Waals surface area contributed by atoms with Gasteiger partial charge in [-0.05, 0) is 18.9 Å². The molecule has 0 spiro atoms. The van der Waals surface area contributed by atoms with Crippen molar-refractivity contribution in [3.05, 3.63) is 35.9 Å². The van der Waals surface area contributed by atoms with Gasteiger partial charge in [0.15, 0.2) is 0 Å². The van der Waals surface area contributed by atoms with Crippen molar-refractivity contribution < 1.29 is 19.5 Å². The van der Waals surface area contributed by atoms with Crippen LogP contribution < -0.4 is 0 Å². The Hall–Kier alpha value is -1.88. The number of ether oxygens (including phenoxy) is 1. The Labute approximate surface area is 106 Å². The Morgan fingerprint density at radius 2 is 1.94 bits per heavy atom. The second-order valence-corrected chi connectivity index (χ2v) is 3.86. The molecular weight excluding hydrogens is 234 g/mol. The molecule has 0 heterocycles. The number of carbonyl (C=O) groups is 2. The van der Waals surface area contributed by atoms with Crippen LogP contribution in [0.25, 0.3) is 0 Å². The van der Waals surface area contributed by atoms with E-state index < -0.39 is 17.8 Å². The van der Waals surface area contributed by atoms with Crippen LogP contribution >= 0.6 is 0 Å². The number of hydrogen-bond donors (Lipinski definition) is 1. The number of hydroxylamine groups is 2. The van der Waals surface area contributed by atoms with Gasteiger partial charge in [0.1, 0.15) is 5.92 Å². The van der Waals surface area contributed by atoms with Crippen molar-refractivity contribution in [2.45, 2.75) is 13.3 Å². The number of rotatable bonds is 5. The lowest BCUT2D eigenvalue weighted by atomic mass is 9.98. The van der Waals surface area contributed by atoms with Gasteiger partial charge in [0.25, 0.3) is 5.91 Å². The molecule has 98 valence electrons. The molecular formula is C13H17NO4. The van der Waals surface area contributed by atoms with Crippen molar-refractivity contribution in [1.82, 2.24) is 5.06 Å². The number of esters is 1. The molecule has 1 unspecified atom stereocenters. The average molecular weight is 251 g/mol. The topological polar surface area (TPSA) is 66.8 Å². The molecule has 1 rings (SSSR count). The zero-order valence-corrected chi connectivity index (χ0v) is 10.5. The van der Waals surface area contributed by atoms with E-state index in [4.69, 9.17) is 9.94 Å². The maximum absolute atomic E-state index is 11.7. The molecule has 0 aromatic heterocycles. The van der Waals surface area contributed by atoms with Crippen LogP contribution in [0.15, 0.2) is 30.3 Å². The first kappa shape index (κ1) is 14.2. The summed E-state index contributed by atoms with van der Waals surface area (Å²) in [4.78, 5) is 23.5. The van der Waals surface area contributed by atoms with Crippen LogP contribution in [0.1, 0.15) is 12.5 Å². The minimum absolute atomic E-state index is 0.201. The summed E-state index contributed by atoms with van der Waals surface area (Å²) >= 11 is 0. The van der Waals surface area contributed by atoms with Gasteiger partial charge in [-0.2, -0.15) is 0 Å². The maximum atomic E-state index is 11.7.